The average Bonchev–Trinajstić information content (AvgIpc) is 2.67. The van der Waals surface area contributed by atoms with Crippen molar-refractivity contribution in [2.45, 2.75) is 37.9 Å². The first-order chi connectivity index (χ1) is 13.1. The van der Waals surface area contributed by atoms with Gasteiger partial charge in [-0.15, -0.1) is 0 Å². The summed E-state index contributed by atoms with van der Waals surface area (Å²) in [5, 5.41) is 12.7. The molecule has 3 aromatic rings. The van der Waals surface area contributed by atoms with Crippen LogP contribution in [-0.2, 0) is 0 Å². The molecule has 2 N–H and O–H groups in total. The molecule has 9 heteroatoms. The summed E-state index contributed by atoms with van der Waals surface area (Å²) in [5.74, 6) is -0.0561. The molecule has 2 heterocycles. The van der Waals surface area contributed by atoms with Crippen molar-refractivity contribution < 1.29 is 14.2 Å². The van der Waals surface area contributed by atoms with Gasteiger partial charge in [0.1, 0.15) is 29.3 Å². The fraction of sp³-hybridized carbons (Fsp3) is 0.333. The molecule has 1 aromatic carbocycles. The van der Waals surface area contributed by atoms with Crippen LogP contribution in [0.2, 0.25) is 5.02 Å². The quantitative estimate of drug-likeness (QED) is 0.703. The predicted molar refractivity (Wildman–Crippen MR) is 98.7 cm³/mol. The largest absolute Gasteiger partial charge is 0.460 e. The fourth-order valence-corrected chi connectivity index (χ4v) is 3.19. The fourth-order valence-electron chi connectivity index (χ4n) is 3.01. The molecular weight excluding hydrogens is 373 g/mol. The van der Waals surface area contributed by atoms with Crippen LogP contribution in [0.4, 0.5) is 15.9 Å². The Kier molecular flexibility index (Phi) is 5.00. The van der Waals surface area contributed by atoms with Gasteiger partial charge in [0.05, 0.1) is 17.3 Å². The second-order valence-electron chi connectivity index (χ2n) is 6.41. The number of halogens is 2. The second-order valence-corrected chi connectivity index (χ2v) is 6.82. The lowest BCUT2D eigenvalue weighted by molar-refractivity contribution is 0.0620. The first-order valence-corrected chi connectivity index (χ1v) is 9.01. The number of hydrogen-bond donors (Lipinski definition) is 2. The van der Waals surface area contributed by atoms with Crippen LogP contribution < -0.4 is 10.1 Å². The molecule has 0 amide bonds. The lowest BCUT2D eigenvalue weighted by Crippen LogP contribution is -2.27. The highest BCUT2D eigenvalue weighted by Crippen LogP contribution is 2.27. The molecule has 0 aliphatic heterocycles. The molecule has 2 aromatic heterocycles. The molecule has 0 unspecified atom stereocenters. The zero-order chi connectivity index (χ0) is 18.8. The molecule has 0 atom stereocenters. The van der Waals surface area contributed by atoms with Crippen LogP contribution in [0.15, 0.2) is 30.7 Å². The monoisotopic (exact) mass is 389 g/mol. The standard InChI is InChI=1S/C18H17ClFN5O2/c19-13-7-10(1-6-14(13)20)24-17-16-15(22-9-23-17)8-21-18(25-16)27-12-4-2-11(26)3-5-12/h1,6-9,11-12,26H,2-5H2,(H,22,23,24). The zero-order valence-electron chi connectivity index (χ0n) is 14.3. The van der Waals surface area contributed by atoms with E-state index in [-0.39, 0.29) is 23.2 Å². The molecule has 0 spiro atoms. The number of aliphatic hydroxyl groups is 1. The van der Waals surface area contributed by atoms with Gasteiger partial charge < -0.3 is 15.2 Å². The van der Waals surface area contributed by atoms with Crippen molar-refractivity contribution in [2.75, 3.05) is 5.32 Å². The molecule has 1 fully saturated rings. The maximum absolute atomic E-state index is 13.4. The van der Waals surface area contributed by atoms with Crippen molar-refractivity contribution in [1.29, 1.82) is 0 Å². The third-order valence-corrected chi connectivity index (χ3v) is 4.74. The number of rotatable bonds is 4. The van der Waals surface area contributed by atoms with Crippen LogP contribution in [0.1, 0.15) is 25.7 Å². The van der Waals surface area contributed by atoms with Gasteiger partial charge in [-0.2, -0.15) is 4.98 Å². The van der Waals surface area contributed by atoms with E-state index >= 15 is 0 Å². The van der Waals surface area contributed by atoms with Gasteiger partial charge >= 0.3 is 6.01 Å². The number of hydrogen-bond acceptors (Lipinski definition) is 7. The van der Waals surface area contributed by atoms with Crippen molar-refractivity contribution in [3.63, 3.8) is 0 Å². The molecule has 0 saturated heterocycles. The van der Waals surface area contributed by atoms with Crippen LogP contribution in [0.5, 0.6) is 6.01 Å². The Morgan fingerprint density at radius 3 is 2.74 bits per heavy atom. The van der Waals surface area contributed by atoms with Gasteiger partial charge in [-0.25, -0.2) is 19.3 Å². The molecule has 140 valence electrons. The Bertz CT molecular complexity index is 966. The van der Waals surface area contributed by atoms with E-state index in [0.29, 0.717) is 35.4 Å². The van der Waals surface area contributed by atoms with E-state index in [1.54, 1.807) is 12.3 Å². The predicted octanol–water partition coefficient (Wildman–Crippen LogP) is 3.64. The minimum atomic E-state index is -0.495. The number of nitrogens with zero attached hydrogens (tertiary/aromatic N) is 4. The van der Waals surface area contributed by atoms with E-state index in [2.05, 4.69) is 25.3 Å². The van der Waals surface area contributed by atoms with Crippen molar-refractivity contribution in [3.05, 3.63) is 41.6 Å². The summed E-state index contributed by atoms with van der Waals surface area (Å²) in [4.78, 5) is 17.0. The summed E-state index contributed by atoms with van der Waals surface area (Å²) in [7, 11) is 0. The van der Waals surface area contributed by atoms with E-state index < -0.39 is 5.82 Å². The first-order valence-electron chi connectivity index (χ1n) is 8.63. The Labute approximate surface area is 159 Å². The molecular formula is C18H17ClFN5O2. The Morgan fingerprint density at radius 1 is 1.15 bits per heavy atom. The Morgan fingerprint density at radius 2 is 1.96 bits per heavy atom. The summed E-state index contributed by atoms with van der Waals surface area (Å²) < 4.78 is 19.2. The molecule has 7 nitrogen and oxygen atoms in total. The van der Waals surface area contributed by atoms with Gasteiger partial charge in [0.2, 0.25) is 0 Å². The number of ether oxygens (including phenoxy) is 1. The van der Waals surface area contributed by atoms with Crippen LogP contribution in [0.25, 0.3) is 11.0 Å². The van der Waals surface area contributed by atoms with E-state index in [9.17, 15) is 9.50 Å². The number of fused-ring (bicyclic) bond motifs is 1. The number of anilines is 2. The number of benzene rings is 1. The Balaban J connectivity index is 1.60. The minimum Gasteiger partial charge on any atom is -0.460 e. The van der Waals surface area contributed by atoms with Gasteiger partial charge in [-0.1, -0.05) is 11.6 Å². The number of aliphatic hydroxyl groups excluding tert-OH is 1. The summed E-state index contributed by atoms with van der Waals surface area (Å²) >= 11 is 5.83. The minimum absolute atomic E-state index is 0.0106. The third kappa shape index (κ3) is 4.06. The summed E-state index contributed by atoms with van der Waals surface area (Å²) in [6.45, 7) is 0. The highest BCUT2D eigenvalue weighted by atomic mass is 35.5. The topological polar surface area (TPSA) is 93.0 Å². The van der Waals surface area contributed by atoms with E-state index in [1.807, 2.05) is 0 Å². The molecule has 1 aliphatic carbocycles. The van der Waals surface area contributed by atoms with Crippen molar-refractivity contribution in [3.8, 4) is 6.01 Å². The molecule has 1 aliphatic rings. The normalized spacial score (nSPS) is 19.8. The summed E-state index contributed by atoms with van der Waals surface area (Å²) in [6.07, 6.45) is 5.61. The van der Waals surface area contributed by atoms with Crippen LogP contribution in [-0.4, -0.2) is 37.3 Å². The summed E-state index contributed by atoms with van der Waals surface area (Å²) in [5.41, 5.74) is 1.61. The SMILES string of the molecule is OC1CCC(Oc2ncc3ncnc(Nc4ccc(F)c(Cl)c4)c3n2)CC1. The lowest BCUT2D eigenvalue weighted by atomic mass is 9.95. The highest BCUT2D eigenvalue weighted by molar-refractivity contribution is 6.31. The maximum atomic E-state index is 13.4. The molecule has 0 radical (unpaired) electrons. The van der Waals surface area contributed by atoms with Gasteiger partial charge in [0.15, 0.2) is 5.82 Å². The highest BCUT2D eigenvalue weighted by Gasteiger charge is 2.22. The average molecular weight is 390 g/mol. The van der Waals surface area contributed by atoms with Gasteiger partial charge in [0.25, 0.3) is 0 Å². The van der Waals surface area contributed by atoms with Crippen molar-refractivity contribution >= 4 is 34.1 Å². The second kappa shape index (κ2) is 7.58. The molecule has 0 bridgehead atoms. The number of aromatic nitrogens is 4. The smallest absolute Gasteiger partial charge is 0.317 e. The maximum Gasteiger partial charge on any atom is 0.317 e. The molecule has 1 saturated carbocycles. The van der Waals surface area contributed by atoms with Crippen molar-refractivity contribution in [1.82, 2.24) is 19.9 Å². The van der Waals surface area contributed by atoms with E-state index in [0.717, 1.165) is 12.8 Å². The van der Waals surface area contributed by atoms with Crippen LogP contribution in [0, 0.1) is 5.82 Å². The lowest BCUT2D eigenvalue weighted by Gasteiger charge is -2.25. The number of nitrogens with one attached hydrogen (secondary N) is 1. The zero-order valence-corrected chi connectivity index (χ0v) is 15.0. The summed E-state index contributed by atoms with van der Waals surface area (Å²) in [6, 6.07) is 4.53. The van der Waals surface area contributed by atoms with E-state index in [1.165, 1.54) is 18.5 Å². The molecule has 4 rings (SSSR count). The van der Waals surface area contributed by atoms with Crippen LogP contribution >= 0.6 is 11.6 Å². The molecule has 27 heavy (non-hydrogen) atoms. The first kappa shape index (κ1) is 17.8. The third-order valence-electron chi connectivity index (χ3n) is 4.45. The van der Waals surface area contributed by atoms with Gasteiger partial charge in [-0.3, -0.25) is 0 Å². The van der Waals surface area contributed by atoms with Gasteiger partial charge in [-0.05, 0) is 43.9 Å². The van der Waals surface area contributed by atoms with Crippen molar-refractivity contribution in [2.24, 2.45) is 0 Å². The van der Waals surface area contributed by atoms with Crippen LogP contribution in [0.3, 0.4) is 0 Å². The van der Waals surface area contributed by atoms with E-state index in [4.69, 9.17) is 16.3 Å². The Hall–Kier alpha value is -2.58. The van der Waals surface area contributed by atoms with Gasteiger partial charge in [0, 0.05) is 5.69 Å².